The van der Waals surface area contributed by atoms with E-state index >= 15 is 0 Å². The molecule has 0 N–H and O–H groups in total. The Morgan fingerprint density at radius 1 is 1.28 bits per heavy atom. The summed E-state index contributed by atoms with van der Waals surface area (Å²) in [6.07, 6.45) is 4.07. The van der Waals surface area contributed by atoms with E-state index in [9.17, 15) is 0 Å². The third-order valence-corrected chi connectivity index (χ3v) is 3.67. The Morgan fingerprint density at radius 3 is 2.78 bits per heavy atom. The zero-order chi connectivity index (χ0) is 13.2. The number of ether oxygens (including phenoxy) is 1. The van der Waals surface area contributed by atoms with Crippen LogP contribution in [0.25, 0.3) is 6.08 Å². The van der Waals surface area contributed by atoms with E-state index in [2.05, 4.69) is 44.4 Å². The molecule has 0 radical (unpaired) electrons. The molecule has 2 nitrogen and oxygen atoms in total. The number of hydrogen-bond donors (Lipinski definition) is 0. The first kappa shape index (κ1) is 13.1. The van der Waals surface area contributed by atoms with Crippen molar-refractivity contribution < 1.29 is 9.16 Å². The van der Waals surface area contributed by atoms with Gasteiger partial charge in [0.2, 0.25) is 0 Å². The molecule has 0 saturated heterocycles. The van der Waals surface area contributed by atoms with E-state index in [0.717, 1.165) is 16.9 Å². The molecule has 1 aromatic rings. The highest BCUT2D eigenvalue weighted by atomic mass is 28.4. The molecule has 1 heterocycles. The van der Waals surface area contributed by atoms with Gasteiger partial charge in [0.15, 0.2) is 8.32 Å². The average molecular weight is 260 g/mol. The van der Waals surface area contributed by atoms with Crippen molar-refractivity contribution in [3.05, 3.63) is 47.6 Å². The van der Waals surface area contributed by atoms with Crippen molar-refractivity contribution >= 4 is 14.4 Å². The molecule has 0 spiro atoms. The van der Waals surface area contributed by atoms with Crippen LogP contribution in [0, 0.1) is 0 Å². The molecule has 0 fully saturated rings. The lowest BCUT2D eigenvalue weighted by molar-refractivity contribution is 0.299. The highest BCUT2D eigenvalue weighted by Gasteiger charge is 2.14. The second-order valence-electron chi connectivity index (χ2n) is 5.55. The van der Waals surface area contributed by atoms with E-state index in [0.29, 0.717) is 13.2 Å². The lowest BCUT2D eigenvalue weighted by atomic mass is 10.1. The van der Waals surface area contributed by atoms with Gasteiger partial charge in [-0.2, -0.15) is 0 Å². The van der Waals surface area contributed by atoms with E-state index in [-0.39, 0.29) is 0 Å². The zero-order valence-electron chi connectivity index (χ0n) is 11.3. The summed E-state index contributed by atoms with van der Waals surface area (Å²) in [5.41, 5.74) is 3.29. The molecule has 0 saturated carbocycles. The van der Waals surface area contributed by atoms with E-state index in [1.54, 1.807) is 0 Å². The molecule has 3 heteroatoms. The highest BCUT2D eigenvalue weighted by molar-refractivity contribution is 6.69. The van der Waals surface area contributed by atoms with Gasteiger partial charge in [0.05, 0.1) is 6.61 Å². The van der Waals surface area contributed by atoms with Crippen LogP contribution in [0.4, 0.5) is 0 Å². The van der Waals surface area contributed by atoms with Crippen molar-refractivity contribution in [1.82, 2.24) is 0 Å². The topological polar surface area (TPSA) is 18.5 Å². The standard InChI is InChI=1S/C15H20O2Si/c1-12-5-7-14-9-13(11-17-18(2,3)4)6-8-15(14)16-10-12/h5-9H,1,10-11H2,2-4H3. The second-order valence-corrected chi connectivity index (χ2v) is 10.1. The molecule has 0 aliphatic carbocycles. The third kappa shape index (κ3) is 3.58. The molecule has 1 aromatic carbocycles. The Kier molecular flexibility index (Phi) is 3.73. The van der Waals surface area contributed by atoms with Crippen LogP contribution in [-0.2, 0) is 11.0 Å². The lowest BCUT2D eigenvalue weighted by Gasteiger charge is -2.17. The predicted octanol–water partition coefficient (Wildman–Crippen LogP) is 4.00. The Hall–Kier alpha value is -1.32. The Bertz CT molecular complexity index is 484. The quantitative estimate of drug-likeness (QED) is 0.765. The molecule has 0 unspecified atom stereocenters. The first-order valence-corrected chi connectivity index (χ1v) is 9.60. The van der Waals surface area contributed by atoms with Crippen LogP contribution in [-0.4, -0.2) is 14.9 Å². The van der Waals surface area contributed by atoms with Crippen molar-refractivity contribution in [1.29, 1.82) is 0 Å². The SMILES string of the molecule is C=C1C=Cc2cc(CO[Si](C)(C)C)ccc2OC1. The summed E-state index contributed by atoms with van der Waals surface area (Å²) in [6, 6.07) is 6.21. The summed E-state index contributed by atoms with van der Waals surface area (Å²) in [6.45, 7) is 11.8. The molecular formula is C15H20O2Si. The molecular weight excluding hydrogens is 240 g/mol. The van der Waals surface area contributed by atoms with Crippen molar-refractivity contribution in [3.63, 3.8) is 0 Å². The number of benzene rings is 1. The number of hydrogen-bond acceptors (Lipinski definition) is 2. The van der Waals surface area contributed by atoms with Crippen LogP contribution in [0.15, 0.2) is 36.4 Å². The van der Waals surface area contributed by atoms with Gasteiger partial charge in [0.25, 0.3) is 0 Å². The van der Waals surface area contributed by atoms with Crippen molar-refractivity contribution in [2.24, 2.45) is 0 Å². The van der Waals surface area contributed by atoms with Crippen LogP contribution in [0.2, 0.25) is 19.6 Å². The smallest absolute Gasteiger partial charge is 0.184 e. The third-order valence-electron chi connectivity index (χ3n) is 2.66. The minimum Gasteiger partial charge on any atom is -0.488 e. The van der Waals surface area contributed by atoms with Gasteiger partial charge in [-0.05, 0) is 42.9 Å². The Morgan fingerprint density at radius 2 is 2.06 bits per heavy atom. The van der Waals surface area contributed by atoms with Crippen LogP contribution in [0.3, 0.4) is 0 Å². The van der Waals surface area contributed by atoms with E-state index in [1.165, 1.54) is 5.56 Å². The molecule has 18 heavy (non-hydrogen) atoms. The Labute approximate surface area is 110 Å². The summed E-state index contributed by atoms with van der Waals surface area (Å²) in [7, 11) is -1.46. The summed E-state index contributed by atoms with van der Waals surface area (Å²) >= 11 is 0. The maximum absolute atomic E-state index is 5.92. The minimum atomic E-state index is -1.46. The van der Waals surface area contributed by atoms with E-state index in [1.807, 2.05) is 12.1 Å². The van der Waals surface area contributed by atoms with Gasteiger partial charge in [0, 0.05) is 5.56 Å². The van der Waals surface area contributed by atoms with Gasteiger partial charge in [-0.3, -0.25) is 0 Å². The summed E-state index contributed by atoms with van der Waals surface area (Å²) < 4.78 is 11.6. The minimum absolute atomic E-state index is 0.564. The van der Waals surface area contributed by atoms with Crippen molar-refractivity contribution in [3.8, 4) is 5.75 Å². The van der Waals surface area contributed by atoms with Gasteiger partial charge < -0.3 is 9.16 Å². The first-order chi connectivity index (χ1) is 8.44. The van der Waals surface area contributed by atoms with Crippen molar-refractivity contribution in [2.45, 2.75) is 26.2 Å². The fraction of sp³-hybridized carbons (Fsp3) is 0.333. The highest BCUT2D eigenvalue weighted by Crippen LogP contribution is 2.25. The molecule has 0 atom stereocenters. The normalized spacial score (nSPS) is 14.9. The van der Waals surface area contributed by atoms with Crippen LogP contribution < -0.4 is 4.74 Å². The summed E-state index contributed by atoms with van der Waals surface area (Å²) in [4.78, 5) is 0. The fourth-order valence-electron chi connectivity index (χ4n) is 1.68. The van der Waals surface area contributed by atoms with Crippen LogP contribution in [0.1, 0.15) is 11.1 Å². The van der Waals surface area contributed by atoms with E-state index in [4.69, 9.17) is 9.16 Å². The number of fused-ring (bicyclic) bond motifs is 1. The fourth-order valence-corrected chi connectivity index (χ4v) is 2.28. The maximum Gasteiger partial charge on any atom is 0.184 e. The largest absolute Gasteiger partial charge is 0.488 e. The van der Waals surface area contributed by atoms with Crippen molar-refractivity contribution in [2.75, 3.05) is 6.61 Å². The second kappa shape index (κ2) is 5.12. The Balaban J connectivity index is 2.16. The monoisotopic (exact) mass is 260 g/mol. The predicted molar refractivity (Wildman–Crippen MR) is 78.2 cm³/mol. The van der Waals surface area contributed by atoms with Gasteiger partial charge in [-0.25, -0.2) is 0 Å². The van der Waals surface area contributed by atoms with E-state index < -0.39 is 8.32 Å². The summed E-state index contributed by atoms with van der Waals surface area (Å²) in [5.74, 6) is 0.918. The molecule has 0 aromatic heterocycles. The molecule has 1 aliphatic heterocycles. The molecule has 2 rings (SSSR count). The maximum atomic E-state index is 5.92. The van der Waals surface area contributed by atoms with Crippen LogP contribution >= 0.6 is 0 Å². The zero-order valence-corrected chi connectivity index (χ0v) is 12.3. The first-order valence-electron chi connectivity index (χ1n) is 6.19. The lowest BCUT2D eigenvalue weighted by Crippen LogP contribution is -2.24. The van der Waals surface area contributed by atoms with Gasteiger partial charge >= 0.3 is 0 Å². The molecule has 96 valence electrons. The van der Waals surface area contributed by atoms with Gasteiger partial charge in [0.1, 0.15) is 12.4 Å². The van der Waals surface area contributed by atoms with Crippen LogP contribution in [0.5, 0.6) is 5.75 Å². The molecule has 1 aliphatic rings. The number of rotatable bonds is 3. The molecule has 0 amide bonds. The summed E-state index contributed by atoms with van der Waals surface area (Å²) in [5, 5.41) is 0. The van der Waals surface area contributed by atoms with Gasteiger partial charge in [-0.1, -0.05) is 24.8 Å². The van der Waals surface area contributed by atoms with Gasteiger partial charge in [-0.15, -0.1) is 0 Å². The molecule has 0 bridgehead atoms. The average Bonchev–Trinajstić information content (AvgIpc) is 2.48.